The molecule has 1 aromatic heterocycles. The van der Waals surface area contributed by atoms with E-state index in [4.69, 9.17) is 4.98 Å². The van der Waals surface area contributed by atoms with E-state index in [1.807, 2.05) is 49.4 Å². The normalized spacial score (nSPS) is 11.2. The minimum atomic E-state index is -0.0590. The topological polar surface area (TPSA) is 46.9 Å². The molecule has 0 aliphatic rings. The van der Waals surface area contributed by atoms with Crippen molar-refractivity contribution in [2.45, 2.75) is 33.9 Å². The van der Waals surface area contributed by atoms with Gasteiger partial charge in [0.2, 0.25) is 0 Å². The summed E-state index contributed by atoms with van der Waals surface area (Å²) in [5, 5.41) is 3.01. The third-order valence-electron chi connectivity index (χ3n) is 4.08. The van der Waals surface area contributed by atoms with Crippen LogP contribution in [0.25, 0.3) is 11.0 Å². The molecule has 1 heterocycles. The Balaban J connectivity index is 1.84. The van der Waals surface area contributed by atoms with E-state index in [0.717, 1.165) is 29.0 Å². The maximum absolute atomic E-state index is 12.4. The highest BCUT2D eigenvalue weighted by Crippen LogP contribution is 2.18. The Kier molecular flexibility index (Phi) is 4.65. The third kappa shape index (κ3) is 3.32. The molecular weight excluding hydrogens is 298 g/mol. The number of nitrogens with one attached hydrogen (secondary N) is 1. The van der Waals surface area contributed by atoms with Gasteiger partial charge < -0.3 is 9.88 Å². The molecule has 0 bridgehead atoms. The summed E-state index contributed by atoms with van der Waals surface area (Å²) < 4.78 is 2.21. The van der Waals surface area contributed by atoms with Crippen LogP contribution in [-0.2, 0) is 13.1 Å². The molecule has 1 amide bonds. The number of para-hydroxylation sites is 2. The van der Waals surface area contributed by atoms with E-state index < -0.39 is 0 Å². The van der Waals surface area contributed by atoms with Gasteiger partial charge in [0.05, 0.1) is 17.6 Å². The molecule has 124 valence electrons. The number of carbonyl (C=O) groups excluding carboxylic acids is 1. The van der Waals surface area contributed by atoms with Crippen LogP contribution in [0.15, 0.2) is 48.5 Å². The number of hydrogen-bond donors (Lipinski definition) is 1. The first kappa shape index (κ1) is 16.2. The SMILES string of the molecule is Cc1ccccc1C(=O)NCc1nc2ccccc2n1CC(C)C. The zero-order chi connectivity index (χ0) is 17.1. The van der Waals surface area contributed by atoms with Gasteiger partial charge in [0, 0.05) is 12.1 Å². The first-order chi connectivity index (χ1) is 11.6. The molecule has 0 atom stereocenters. The molecule has 0 saturated carbocycles. The summed E-state index contributed by atoms with van der Waals surface area (Å²) >= 11 is 0. The van der Waals surface area contributed by atoms with Crippen LogP contribution in [-0.4, -0.2) is 15.5 Å². The fraction of sp³-hybridized carbons (Fsp3) is 0.300. The number of rotatable bonds is 5. The molecule has 3 aromatic rings. The number of aromatic nitrogens is 2. The summed E-state index contributed by atoms with van der Waals surface area (Å²) in [6.45, 7) is 7.63. The maximum Gasteiger partial charge on any atom is 0.251 e. The number of hydrogen-bond acceptors (Lipinski definition) is 2. The van der Waals surface area contributed by atoms with Gasteiger partial charge >= 0.3 is 0 Å². The van der Waals surface area contributed by atoms with E-state index in [9.17, 15) is 4.79 Å². The van der Waals surface area contributed by atoms with Crippen LogP contribution in [0.1, 0.15) is 35.6 Å². The molecule has 2 aromatic carbocycles. The number of aryl methyl sites for hydroxylation is 1. The average Bonchev–Trinajstić information content (AvgIpc) is 2.90. The summed E-state index contributed by atoms with van der Waals surface area (Å²) in [5.74, 6) is 1.34. The van der Waals surface area contributed by atoms with E-state index in [1.54, 1.807) is 0 Å². The van der Waals surface area contributed by atoms with Crippen molar-refractivity contribution in [2.24, 2.45) is 5.92 Å². The van der Waals surface area contributed by atoms with Crippen molar-refractivity contribution in [2.75, 3.05) is 0 Å². The minimum absolute atomic E-state index is 0.0590. The molecule has 0 spiro atoms. The van der Waals surface area contributed by atoms with E-state index in [1.165, 1.54) is 0 Å². The molecule has 0 radical (unpaired) electrons. The van der Waals surface area contributed by atoms with E-state index >= 15 is 0 Å². The van der Waals surface area contributed by atoms with Crippen molar-refractivity contribution in [1.29, 1.82) is 0 Å². The Hall–Kier alpha value is -2.62. The smallest absolute Gasteiger partial charge is 0.251 e. The molecule has 3 rings (SSSR count). The zero-order valence-electron chi connectivity index (χ0n) is 14.4. The predicted octanol–water partition coefficient (Wildman–Crippen LogP) is 3.93. The minimum Gasteiger partial charge on any atom is -0.345 e. The quantitative estimate of drug-likeness (QED) is 0.774. The van der Waals surface area contributed by atoms with Crippen molar-refractivity contribution < 1.29 is 4.79 Å². The van der Waals surface area contributed by atoms with Gasteiger partial charge in [0.25, 0.3) is 5.91 Å². The van der Waals surface area contributed by atoms with Gasteiger partial charge in [-0.1, -0.05) is 44.2 Å². The van der Waals surface area contributed by atoms with Gasteiger partial charge in [0.15, 0.2) is 0 Å². The van der Waals surface area contributed by atoms with Crippen molar-refractivity contribution in [3.8, 4) is 0 Å². The molecule has 0 unspecified atom stereocenters. The van der Waals surface area contributed by atoms with Gasteiger partial charge in [-0.25, -0.2) is 4.98 Å². The van der Waals surface area contributed by atoms with Crippen LogP contribution in [0.2, 0.25) is 0 Å². The fourth-order valence-electron chi connectivity index (χ4n) is 2.91. The number of amides is 1. The number of benzene rings is 2. The maximum atomic E-state index is 12.4. The van der Waals surface area contributed by atoms with Crippen LogP contribution in [0.4, 0.5) is 0 Å². The summed E-state index contributed by atoms with van der Waals surface area (Å²) in [5.41, 5.74) is 3.78. The lowest BCUT2D eigenvalue weighted by atomic mass is 10.1. The van der Waals surface area contributed by atoms with Gasteiger partial charge in [-0.2, -0.15) is 0 Å². The number of imidazole rings is 1. The molecule has 4 nitrogen and oxygen atoms in total. The second-order valence-electron chi connectivity index (χ2n) is 6.52. The van der Waals surface area contributed by atoms with Gasteiger partial charge in [0.1, 0.15) is 5.82 Å². The fourth-order valence-corrected chi connectivity index (χ4v) is 2.91. The molecule has 4 heteroatoms. The molecule has 0 saturated heterocycles. The van der Waals surface area contributed by atoms with Gasteiger partial charge in [-0.15, -0.1) is 0 Å². The number of fused-ring (bicyclic) bond motifs is 1. The van der Waals surface area contributed by atoms with Crippen LogP contribution >= 0.6 is 0 Å². The average molecular weight is 321 g/mol. The lowest BCUT2D eigenvalue weighted by molar-refractivity contribution is 0.0949. The van der Waals surface area contributed by atoms with Crippen LogP contribution in [0.5, 0.6) is 0 Å². The van der Waals surface area contributed by atoms with Crippen molar-refractivity contribution in [3.63, 3.8) is 0 Å². The van der Waals surface area contributed by atoms with Gasteiger partial charge in [-0.05, 0) is 36.6 Å². The van der Waals surface area contributed by atoms with Crippen LogP contribution < -0.4 is 5.32 Å². The second-order valence-corrected chi connectivity index (χ2v) is 6.52. The van der Waals surface area contributed by atoms with Crippen LogP contribution in [0, 0.1) is 12.8 Å². The summed E-state index contributed by atoms with van der Waals surface area (Å²) in [6, 6.07) is 15.7. The zero-order valence-corrected chi connectivity index (χ0v) is 14.4. The molecule has 0 aliphatic carbocycles. The monoisotopic (exact) mass is 321 g/mol. The second kappa shape index (κ2) is 6.87. The Bertz CT molecular complexity index is 864. The first-order valence-electron chi connectivity index (χ1n) is 8.34. The lowest BCUT2D eigenvalue weighted by Crippen LogP contribution is -2.25. The standard InChI is InChI=1S/C20H23N3O/c1-14(2)13-23-18-11-7-6-10-17(18)22-19(23)12-21-20(24)16-9-5-4-8-15(16)3/h4-11,14H,12-13H2,1-3H3,(H,21,24). The molecular formula is C20H23N3O. The Morgan fingerprint density at radius 3 is 2.58 bits per heavy atom. The van der Waals surface area contributed by atoms with E-state index in [-0.39, 0.29) is 5.91 Å². The predicted molar refractivity (Wildman–Crippen MR) is 96.9 cm³/mol. The van der Waals surface area contributed by atoms with Crippen molar-refractivity contribution in [3.05, 3.63) is 65.5 Å². The largest absolute Gasteiger partial charge is 0.345 e. The van der Waals surface area contributed by atoms with Gasteiger partial charge in [-0.3, -0.25) is 4.79 Å². The Morgan fingerprint density at radius 1 is 1.12 bits per heavy atom. The Labute approximate surface area is 142 Å². The van der Waals surface area contributed by atoms with Crippen molar-refractivity contribution >= 4 is 16.9 Å². The summed E-state index contributed by atoms with van der Waals surface area (Å²) in [6.07, 6.45) is 0. The van der Waals surface area contributed by atoms with Crippen LogP contribution in [0.3, 0.4) is 0 Å². The molecule has 24 heavy (non-hydrogen) atoms. The highest BCUT2D eigenvalue weighted by Gasteiger charge is 2.14. The number of nitrogens with zero attached hydrogens (tertiary/aromatic N) is 2. The third-order valence-corrected chi connectivity index (χ3v) is 4.08. The number of carbonyl (C=O) groups is 1. The Morgan fingerprint density at radius 2 is 1.83 bits per heavy atom. The summed E-state index contributed by atoms with van der Waals surface area (Å²) in [4.78, 5) is 17.1. The van der Waals surface area contributed by atoms with E-state index in [2.05, 4.69) is 29.8 Å². The van der Waals surface area contributed by atoms with E-state index in [0.29, 0.717) is 18.0 Å². The highest BCUT2D eigenvalue weighted by atomic mass is 16.1. The van der Waals surface area contributed by atoms with Crippen molar-refractivity contribution in [1.82, 2.24) is 14.9 Å². The summed E-state index contributed by atoms with van der Waals surface area (Å²) in [7, 11) is 0. The molecule has 0 aliphatic heterocycles. The first-order valence-corrected chi connectivity index (χ1v) is 8.34. The lowest BCUT2D eigenvalue weighted by Gasteiger charge is -2.13. The molecule has 0 fully saturated rings. The molecule has 1 N–H and O–H groups in total. The highest BCUT2D eigenvalue weighted by molar-refractivity contribution is 5.95.